The normalized spacial score (nSPS) is 17.8. The minimum Gasteiger partial charge on any atom is -0.469 e. The molecule has 1 saturated carbocycles. The number of methoxy groups -OCH3 is 1. The Kier molecular flexibility index (Phi) is 5.79. The van der Waals surface area contributed by atoms with Gasteiger partial charge in [-0.25, -0.2) is 19.6 Å². The predicted octanol–water partition coefficient (Wildman–Crippen LogP) is 5.50. The number of aryl methyl sites for hydroxylation is 1. The summed E-state index contributed by atoms with van der Waals surface area (Å²) in [5.41, 5.74) is 12.8. The summed E-state index contributed by atoms with van der Waals surface area (Å²) in [5.74, 6) is 0.206. The molecule has 8 nitrogen and oxygen atoms in total. The third kappa shape index (κ3) is 4.08. The number of hydrogen-bond donors (Lipinski definition) is 1. The van der Waals surface area contributed by atoms with Crippen LogP contribution in [0.15, 0.2) is 60.9 Å². The van der Waals surface area contributed by atoms with E-state index < -0.39 is 0 Å². The molecule has 0 radical (unpaired) electrons. The Labute approximate surface area is 214 Å². The van der Waals surface area contributed by atoms with Gasteiger partial charge in [-0.1, -0.05) is 42.5 Å². The van der Waals surface area contributed by atoms with Crippen LogP contribution in [0, 0.1) is 12.8 Å². The smallest absolute Gasteiger partial charge is 0.308 e. The first kappa shape index (κ1) is 23.1. The fourth-order valence-electron chi connectivity index (χ4n) is 5.48. The van der Waals surface area contributed by atoms with Crippen molar-refractivity contribution in [1.29, 1.82) is 0 Å². The number of fused-ring (bicyclic) bond motifs is 2. The molecule has 0 spiro atoms. The van der Waals surface area contributed by atoms with Crippen molar-refractivity contribution in [3.8, 4) is 22.5 Å². The van der Waals surface area contributed by atoms with Gasteiger partial charge < -0.3 is 10.5 Å². The van der Waals surface area contributed by atoms with Gasteiger partial charge in [-0.05, 0) is 50.3 Å². The number of carbonyl (C=O) groups excluding carboxylic acids is 1. The topological polar surface area (TPSA) is 109 Å². The predicted molar refractivity (Wildman–Crippen MR) is 144 cm³/mol. The van der Waals surface area contributed by atoms with Gasteiger partial charge in [-0.15, -0.1) is 0 Å². The number of nitrogens with two attached hydrogens (primary N) is 1. The van der Waals surface area contributed by atoms with Crippen LogP contribution in [-0.2, 0) is 9.53 Å². The Morgan fingerprint density at radius 3 is 2.54 bits per heavy atom. The van der Waals surface area contributed by atoms with Gasteiger partial charge in [0.1, 0.15) is 17.8 Å². The Bertz CT molecular complexity index is 1620. The second kappa shape index (κ2) is 9.28. The van der Waals surface area contributed by atoms with Crippen molar-refractivity contribution in [2.45, 2.75) is 38.6 Å². The highest BCUT2D eigenvalue weighted by Crippen LogP contribution is 2.38. The largest absolute Gasteiger partial charge is 0.469 e. The molecule has 8 heteroatoms. The molecular formula is C29H28N6O2. The number of nitrogens with zero attached hydrogens (tertiary/aromatic N) is 5. The number of rotatable bonds is 4. The number of benzene rings is 2. The molecule has 5 aromatic rings. The van der Waals surface area contributed by atoms with E-state index in [1.807, 2.05) is 22.9 Å². The standard InChI is InChI=1S/C29H28N6O2/c1-17-14-23(18-6-4-3-5-7-18)33-24-15-20(10-13-22(17)24)26-25-27(30)31-16-32-28(25)35(34-26)21-11-8-19(9-12-21)29(36)37-2/h3-7,10,13-16,19,21H,8-9,11-12H2,1-2H3,(H2,30,31,32). The van der Waals surface area contributed by atoms with E-state index in [0.29, 0.717) is 11.5 Å². The number of ether oxygens (including phenoxy) is 1. The first-order chi connectivity index (χ1) is 18.0. The highest BCUT2D eigenvalue weighted by Gasteiger charge is 2.30. The number of anilines is 1. The Balaban J connectivity index is 1.44. The highest BCUT2D eigenvalue weighted by atomic mass is 16.5. The van der Waals surface area contributed by atoms with Crippen LogP contribution in [0.5, 0.6) is 0 Å². The van der Waals surface area contributed by atoms with Crippen molar-refractivity contribution >= 4 is 33.7 Å². The van der Waals surface area contributed by atoms with Crippen LogP contribution in [0.4, 0.5) is 5.82 Å². The summed E-state index contributed by atoms with van der Waals surface area (Å²) in [5, 5.41) is 6.87. The molecule has 2 aromatic carbocycles. The van der Waals surface area contributed by atoms with E-state index in [1.54, 1.807) is 0 Å². The molecule has 2 N–H and O–H groups in total. The fourth-order valence-corrected chi connectivity index (χ4v) is 5.48. The van der Waals surface area contributed by atoms with E-state index >= 15 is 0 Å². The van der Waals surface area contributed by atoms with Crippen LogP contribution in [0.25, 0.3) is 44.5 Å². The molecule has 3 heterocycles. The summed E-state index contributed by atoms with van der Waals surface area (Å²) < 4.78 is 6.93. The Hall–Kier alpha value is -4.33. The zero-order valence-electron chi connectivity index (χ0n) is 20.9. The third-order valence-corrected chi connectivity index (χ3v) is 7.45. The number of aromatic nitrogens is 5. The van der Waals surface area contributed by atoms with Crippen molar-refractivity contribution in [3.63, 3.8) is 0 Å². The minimum atomic E-state index is -0.134. The summed E-state index contributed by atoms with van der Waals surface area (Å²) in [6.07, 6.45) is 4.64. The molecule has 0 saturated heterocycles. The van der Waals surface area contributed by atoms with Gasteiger partial charge in [-0.2, -0.15) is 5.10 Å². The maximum absolute atomic E-state index is 12.0. The summed E-state index contributed by atoms with van der Waals surface area (Å²) in [4.78, 5) is 25.8. The molecule has 3 aromatic heterocycles. The van der Waals surface area contributed by atoms with Crippen molar-refractivity contribution < 1.29 is 9.53 Å². The first-order valence-corrected chi connectivity index (χ1v) is 12.6. The zero-order chi connectivity index (χ0) is 25.5. The van der Waals surface area contributed by atoms with Gasteiger partial charge in [0.2, 0.25) is 0 Å². The lowest BCUT2D eigenvalue weighted by Gasteiger charge is -2.27. The molecule has 1 fully saturated rings. The van der Waals surface area contributed by atoms with E-state index in [9.17, 15) is 4.79 Å². The summed E-state index contributed by atoms with van der Waals surface area (Å²) in [7, 11) is 1.45. The van der Waals surface area contributed by atoms with Crippen LogP contribution in [0.1, 0.15) is 37.3 Å². The summed E-state index contributed by atoms with van der Waals surface area (Å²) in [6, 6.07) is 18.7. The number of pyridine rings is 1. The molecule has 0 atom stereocenters. The van der Waals surface area contributed by atoms with Crippen LogP contribution in [0.3, 0.4) is 0 Å². The Morgan fingerprint density at radius 1 is 1.00 bits per heavy atom. The zero-order valence-corrected chi connectivity index (χ0v) is 20.9. The molecule has 1 aliphatic carbocycles. The van der Waals surface area contributed by atoms with Crippen molar-refractivity contribution in [3.05, 3.63) is 66.5 Å². The molecule has 0 unspecified atom stereocenters. The van der Waals surface area contributed by atoms with Crippen molar-refractivity contribution in [2.24, 2.45) is 5.92 Å². The van der Waals surface area contributed by atoms with E-state index in [0.717, 1.165) is 70.1 Å². The molecule has 6 rings (SSSR count). The quantitative estimate of drug-likeness (QED) is 0.330. The monoisotopic (exact) mass is 492 g/mol. The second-order valence-corrected chi connectivity index (χ2v) is 9.70. The van der Waals surface area contributed by atoms with Gasteiger partial charge in [-0.3, -0.25) is 4.79 Å². The fraction of sp³-hybridized carbons (Fsp3) is 0.276. The lowest BCUT2D eigenvalue weighted by Crippen LogP contribution is -2.25. The molecule has 0 bridgehead atoms. The van der Waals surface area contributed by atoms with Crippen LogP contribution in [0.2, 0.25) is 0 Å². The van der Waals surface area contributed by atoms with E-state index in [-0.39, 0.29) is 17.9 Å². The average molecular weight is 493 g/mol. The van der Waals surface area contributed by atoms with Crippen LogP contribution in [-0.4, -0.2) is 37.8 Å². The van der Waals surface area contributed by atoms with E-state index in [1.165, 1.54) is 13.4 Å². The average Bonchev–Trinajstić information content (AvgIpc) is 3.34. The van der Waals surface area contributed by atoms with Gasteiger partial charge in [0.05, 0.1) is 35.7 Å². The first-order valence-electron chi connectivity index (χ1n) is 12.6. The molecular weight excluding hydrogens is 464 g/mol. The minimum absolute atomic E-state index is 0.0594. The number of nitrogen functional groups attached to an aromatic ring is 1. The highest BCUT2D eigenvalue weighted by molar-refractivity contribution is 6.00. The summed E-state index contributed by atoms with van der Waals surface area (Å²) >= 11 is 0. The Morgan fingerprint density at radius 2 is 1.78 bits per heavy atom. The lowest BCUT2D eigenvalue weighted by atomic mass is 9.86. The molecule has 37 heavy (non-hydrogen) atoms. The maximum atomic E-state index is 12.0. The molecule has 0 amide bonds. The van der Waals surface area contributed by atoms with Crippen LogP contribution < -0.4 is 5.73 Å². The number of hydrogen-bond acceptors (Lipinski definition) is 7. The van der Waals surface area contributed by atoms with Gasteiger partial charge in [0, 0.05) is 16.5 Å². The number of esters is 1. The van der Waals surface area contributed by atoms with Crippen molar-refractivity contribution in [2.75, 3.05) is 12.8 Å². The molecule has 0 aliphatic heterocycles. The maximum Gasteiger partial charge on any atom is 0.308 e. The van der Waals surface area contributed by atoms with E-state index in [2.05, 4.69) is 53.3 Å². The molecule has 1 aliphatic rings. The second-order valence-electron chi connectivity index (χ2n) is 9.70. The van der Waals surface area contributed by atoms with Gasteiger partial charge in [0.15, 0.2) is 5.65 Å². The van der Waals surface area contributed by atoms with Crippen molar-refractivity contribution in [1.82, 2.24) is 24.7 Å². The number of carbonyl (C=O) groups is 1. The van der Waals surface area contributed by atoms with Crippen LogP contribution >= 0.6 is 0 Å². The molecule has 186 valence electrons. The van der Waals surface area contributed by atoms with Gasteiger partial charge in [0.25, 0.3) is 0 Å². The summed E-state index contributed by atoms with van der Waals surface area (Å²) in [6.45, 7) is 2.11. The van der Waals surface area contributed by atoms with Gasteiger partial charge >= 0.3 is 5.97 Å². The third-order valence-electron chi connectivity index (χ3n) is 7.45. The lowest BCUT2D eigenvalue weighted by molar-refractivity contribution is -0.146. The SMILES string of the molecule is COC(=O)C1CCC(n2nc(-c3ccc4c(C)cc(-c5ccccc5)nc4c3)c3c(N)ncnc32)CC1. The van der Waals surface area contributed by atoms with E-state index in [4.69, 9.17) is 20.6 Å².